The van der Waals surface area contributed by atoms with E-state index in [9.17, 15) is 9.90 Å². The van der Waals surface area contributed by atoms with Crippen LogP contribution >= 0.6 is 11.6 Å². The Morgan fingerprint density at radius 1 is 1.53 bits per heavy atom. The molecule has 1 atom stereocenters. The molecular formula is C13H18ClN3O2. The molecule has 2 heterocycles. The van der Waals surface area contributed by atoms with Crippen LogP contribution in [0.4, 0.5) is 5.82 Å². The van der Waals surface area contributed by atoms with Crippen LogP contribution in [-0.2, 0) is 4.79 Å². The van der Waals surface area contributed by atoms with Crippen molar-refractivity contribution in [1.29, 1.82) is 0 Å². The molecule has 1 fully saturated rings. The topological polar surface area (TPSA) is 65.5 Å². The van der Waals surface area contributed by atoms with Crippen molar-refractivity contribution < 1.29 is 9.90 Å². The molecule has 1 amide bonds. The Balaban J connectivity index is 1.90. The van der Waals surface area contributed by atoms with Crippen LogP contribution in [0.2, 0.25) is 5.02 Å². The van der Waals surface area contributed by atoms with Gasteiger partial charge in [-0.1, -0.05) is 11.6 Å². The van der Waals surface area contributed by atoms with Gasteiger partial charge < -0.3 is 10.4 Å². The van der Waals surface area contributed by atoms with Gasteiger partial charge in [-0.25, -0.2) is 4.98 Å². The van der Waals surface area contributed by atoms with E-state index >= 15 is 0 Å². The van der Waals surface area contributed by atoms with Gasteiger partial charge in [0.05, 0.1) is 17.2 Å². The van der Waals surface area contributed by atoms with E-state index in [1.807, 2.05) is 6.92 Å². The number of pyridine rings is 1. The Kier molecular flexibility index (Phi) is 4.74. The molecule has 0 radical (unpaired) electrons. The van der Waals surface area contributed by atoms with Gasteiger partial charge in [-0.05, 0) is 31.9 Å². The highest BCUT2D eigenvalue weighted by atomic mass is 35.5. The molecular weight excluding hydrogens is 266 g/mol. The first kappa shape index (κ1) is 14.2. The van der Waals surface area contributed by atoms with Crippen LogP contribution in [0, 0.1) is 0 Å². The lowest BCUT2D eigenvalue weighted by Gasteiger charge is -2.33. The lowest BCUT2D eigenvalue weighted by Crippen LogP contribution is -2.47. The van der Waals surface area contributed by atoms with Crippen molar-refractivity contribution in [2.75, 3.05) is 18.4 Å². The molecule has 2 rings (SSSR count). The zero-order valence-corrected chi connectivity index (χ0v) is 11.6. The van der Waals surface area contributed by atoms with Crippen LogP contribution in [-0.4, -0.2) is 46.1 Å². The van der Waals surface area contributed by atoms with Gasteiger partial charge in [0.2, 0.25) is 5.91 Å². The lowest BCUT2D eigenvalue weighted by molar-refractivity contribution is -0.121. The van der Waals surface area contributed by atoms with E-state index < -0.39 is 0 Å². The number of carbonyl (C=O) groups is 1. The van der Waals surface area contributed by atoms with Gasteiger partial charge >= 0.3 is 0 Å². The molecule has 0 aromatic carbocycles. The Morgan fingerprint density at radius 2 is 2.21 bits per heavy atom. The molecule has 0 bridgehead atoms. The van der Waals surface area contributed by atoms with E-state index in [1.54, 1.807) is 12.1 Å². The third-order valence-electron chi connectivity index (χ3n) is 3.40. The van der Waals surface area contributed by atoms with Crippen molar-refractivity contribution in [2.24, 2.45) is 0 Å². The molecule has 1 saturated heterocycles. The van der Waals surface area contributed by atoms with E-state index in [0.717, 1.165) is 25.9 Å². The fraction of sp³-hybridized carbons (Fsp3) is 0.538. The number of likely N-dealkylation sites (tertiary alicyclic amines) is 1. The normalized spacial score (nSPS) is 19.1. The number of anilines is 1. The van der Waals surface area contributed by atoms with Crippen molar-refractivity contribution in [1.82, 2.24) is 9.88 Å². The molecule has 1 aromatic rings. The summed E-state index contributed by atoms with van der Waals surface area (Å²) in [5, 5.41) is 12.8. The SMILES string of the molecule is CC(C(=O)Nc1ccc(Cl)cn1)N1CCC(O)CC1. The van der Waals surface area contributed by atoms with Gasteiger partial charge in [-0.15, -0.1) is 0 Å². The predicted octanol–water partition coefficient (Wildman–Crippen LogP) is 1.52. The first-order chi connectivity index (χ1) is 9.06. The summed E-state index contributed by atoms with van der Waals surface area (Å²) in [7, 11) is 0. The first-order valence-corrected chi connectivity index (χ1v) is 6.78. The third kappa shape index (κ3) is 3.89. The number of hydrogen-bond acceptors (Lipinski definition) is 4. The predicted molar refractivity (Wildman–Crippen MR) is 74.2 cm³/mol. The molecule has 0 aliphatic carbocycles. The summed E-state index contributed by atoms with van der Waals surface area (Å²) in [6.07, 6.45) is 2.71. The second-order valence-electron chi connectivity index (χ2n) is 4.79. The van der Waals surface area contributed by atoms with Gasteiger partial charge in [0.25, 0.3) is 0 Å². The summed E-state index contributed by atoms with van der Waals surface area (Å²) in [6, 6.07) is 3.13. The van der Waals surface area contributed by atoms with Crippen LogP contribution in [0.3, 0.4) is 0 Å². The van der Waals surface area contributed by atoms with E-state index in [0.29, 0.717) is 10.8 Å². The summed E-state index contributed by atoms with van der Waals surface area (Å²) in [5.41, 5.74) is 0. The minimum absolute atomic E-state index is 0.0915. The Labute approximate surface area is 117 Å². The molecule has 1 aliphatic heterocycles. The van der Waals surface area contributed by atoms with Crippen LogP contribution in [0.1, 0.15) is 19.8 Å². The first-order valence-electron chi connectivity index (χ1n) is 6.41. The molecule has 5 nitrogen and oxygen atoms in total. The van der Waals surface area contributed by atoms with Crippen molar-refractivity contribution in [3.63, 3.8) is 0 Å². The number of aromatic nitrogens is 1. The van der Waals surface area contributed by atoms with Crippen molar-refractivity contribution in [2.45, 2.75) is 31.9 Å². The minimum Gasteiger partial charge on any atom is -0.393 e. The van der Waals surface area contributed by atoms with Crippen LogP contribution in [0.5, 0.6) is 0 Å². The molecule has 1 unspecified atom stereocenters. The third-order valence-corrected chi connectivity index (χ3v) is 3.63. The number of halogens is 1. The molecule has 104 valence electrons. The largest absolute Gasteiger partial charge is 0.393 e. The highest BCUT2D eigenvalue weighted by Gasteiger charge is 2.25. The number of hydrogen-bond donors (Lipinski definition) is 2. The zero-order valence-electron chi connectivity index (χ0n) is 10.8. The smallest absolute Gasteiger partial charge is 0.242 e. The fourth-order valence-electron chi connectivity index (χ4n) is 2.12. The summed E-state index contributed by atoms with van der Waals surface area (Å²) in [6.45, 7) is 3.34. The molecule has 0 spiro atoms. The summed E-state index contributed by atoms with van der Waals surface area (Å²) >= 11 is 5.74. The Bertz CT molecular complexity index is 430. The molecule has 0 saturated carbocycles. The molecule has 1 aromatic heterocycles. The van der Waals surface area contributed by atoms with Gasteiger partial charge in [0.15, 0.2) is 0 Å². The highest BCUT2D eigenvalue weighted by Crippen LogP contribution is 2.15. The Hall–Kier alpha value is -1.17. The van der Waals surface area contributed by atoms with Crippen LogP contribution in [0.15, 0.2) is 18.3 Å². The second kappa shape index (κ2) is 6.32. The lowest BCUT2D eigenvalue weighted by atomic mass is 10.1. The second-order valence-corrected chi connectivity index (χ2v) is 5.23. The minimum atomic E-state index is -0.232. The fourth-order valence-corrected chi connectivity index (χ4v) is 2.23. The molecule has 19 heavy (non-hydrogen) atoms. The average molecular weight is 284 g/mol. The number of rotatable bonds is 3. The van der Waals surface area contributed by atoms with Crippen molar-refractivity contribution >= 4 is 23.3 Å². The summed E-state index contributed by atoms with van der Waals surface area (Å²) in [4.78, 5) is 18.2. The van der Waals surface area contributed by atoms with Crippen LogP contribution in [0.25, 0.3) is 0 Å². The maximum atomic E-state index is 12.1. The van der Waals surface area contributed by atoms with Crippen molar-refractivity contribution in [3.05, 3.63) is 23.4 Å². The Morgan fingerprint density at radius 3 is 2.79 bits per heavy atom. The number of aliphatic hydroxyl groups excluding tert-OH is 1. The van der Waals surface area contributed by atoms with E-state index in [-0.39, 0.29) is 18.1 Å². The van der Waals surface area contributed by atoms with Gasteiger partial charge in [-0.2, -0.15) is 0 Å². The maximum Gasteiger partial charge on any atom is 0.242 e. The maximum absolute atomic E-state index is 12.1. The van der Waals surface area contributed by atoms with Gasteiger partial charge in [0, 0.05) is 19.3 Å². The number of aliphatic hydroxyl groups is 1. The van der Waals surface area contributed by atoms with Crippen LogP contribution < -0.4 is 5.32 Å². The number of amides is 1. The summed E-state index contributed by atoms with van der Waals surface area (Å²) < 4.78 is 0. The monoisotopic (exact) mass is 283 g/mol. The number of piperidine rings is 1. The molecule has 6 heteroatoms. The molecule has 1 aliphatic rings. The quantitative estimate of drug-likeness (QED) is 0.883. The van der Waals surface area contributed by atoms with E-state index in [1.165, 1.54) is 6.20 Å². The highest BCUT2D eigenvalue weighted by molar-refractivity contribution is 6.30. The standard InChI is InChI=1S/C13H18ClN3O2/c1-9(17-6-4-11(18)5-7-17)13(19)16-12-3-2-10(14)8-15-12/h2-3,8-9,11,18H,4-7H2,1H3,(H,15,16,19). The molecule has 2 N–H and O–H groups in total. The number of nitrogens with zero attached hydrogens (tertiary/aromatic N) is 2. The number of carbonyl (C=O) groups excluding carboxylic acids is 1. The van der Waals surface area contributed by atoms with E-state index in [2.05, 4.69) is 15.2 Å². The number of nitrogens with one attached hydrogen (secondary N) is 1. The van der Waals surface area contributed by atoms with Gasteiger partial charge in [0.1, 0.15) is 5.82 Å². The zero-order chi connectivity index (χ0) is 13.8. The average Bonchev–Trinajstić information content (AvgIpc) is 2.41. The van der Waals surface area contributed by atoms with Crippen molar-refractivity contribution in [3.8, 4) is 0 Å². The van der Waals surface area contributed by atoms with E-state index in [4.69, 9.17) is 11.6 Å². The van der Waals surface area contributed by atoms with Gasteiger partial charge in [-0.3, -0.25) is 9.69 Å². The summed E-state index contributed by atoms with van der Waals surface area (Å²) in [5.74, 6) is 0.407.